The zero-order valence-corrected chi connectivity index (χ0v) is 21.1. The number of carboxylic acid groups (broad SMARTS) is 1. The van der Waals surface area contributed by atoms with E-state index in [0.717, 1.165) is 80.0 Å². The summed E-state index contributed by atoms with van der Waals surface area (Å²) in [6.45, 7) is 3.39. The molecule has 0 amide bonds. The van der Waals surface area contributed by atoms with Crippen molar-refractivity contribution in [2.24, 2.45) is 11.8 Å². The van der Waals surface area contributed by atoms with Crippen molar-refractivity contribution in [1.82, 2.24) is 4.90 Å². The van der Waals surface area contributed by atoms with E-state index in [0.29, 0.717) is 12.1 Å². The van der Waals surface area contributed by atoms with Crippen LogP contribution >= 0.6 is 11.6 Å². The first-order valence-electron chi connectivity index (χ1n) is 13.3. The van der Waals surface area contributed by atoms with E-state index >= 15 is 0 Å². The van der Waals surface area contributed by atoms with Crippen molar-refractivity contribution in [1.29, 1.82) is 0 Å². The highest BCUT2D eigenvalue weighted by atomic mass is 35.5. The second kappa shape index (κ2) is 10.5. The first-order chi connectivity index (χ1) is 16.5. The molecule has 3 fully saturated rings. The van der Waals surface area contributed by atoms with Gasteiger partial charge in [-0.2, -0.15) is 0 Å². The molecule has 0 spiro atoms. The summed E-state index contributed by atoms with van der Waals surface area (Å²) in [7, 11) is 0. The highest BCUT2D eigenvalue weighted by molar-refractivity contribution is 6.37. The number of hydrogen-bond donors (Lipinski definition) is 1. The number of carbonyl (C=O) groups is 1. The zero-order valence-electron chi connectivity index (χ0n) is 20.3. The van der Waals surface area contributed by atoms with E-state index < -0.39 is 5.97 Å². The van der Waals surface area contributed by atoms with E-state index in [1.807, 2.05) is 6.07 Å². The molecule has 1 saturated carbocycles. The molecule has 3 aliphatic rings. The van der Waals surface area contributed by atoms with Crippen LogP contribution in [-0.2, 0) is 11.2 Å². The third-order valence-electron chi connectivity index (χ3n) is 8.60. The van der Waals surface area contributed by atoms with Gasteiger partial charge in [0.15, 0.2) is 0 Å². The second-order valence-corrected chi connectivity index (χ2v) is 11.4. The Morgan fingerprint density at radius 1 is 1.06 bits per heavy atom. The zero-order chi connectivity index (χ0) is 23.7. The molecule has 34 heavy (non-hydrogen) atoms. The first-order valence-corrected chi connectivity index (χ1v) is 13.7. The maximum absolute atomic E-state index is 11.5. The van der Waals surface area contributed by atoms with Gasteiger partial charge in [-0.05, 0) is 93.7 Å². The number of fused-ring (bicyclic) bond motifs is 3. The molecule has 2 bridgehead atoms. The highest BCUT2D eigenvalue weighted by Crippen LogP contribution is 2.38. The molecule has 4 nitrogen and oxygen atoms in total. The van der Waals surface area contributed by atoms with Crippen LogP contribution in [0.15, 0.2) is 30.3 Å². The van der Waals surface area contributed by atoms with Gasteiger partial charge in [-0.1, -0.05) is 49.2 Å². The average molecular weight is 484 g/mol. The van der Waals surface area contributed by atoms with Gasteiger partial charge in [-0.3, -0.25) is 9.69 Å². The molecular weight excluding hydrogens is 446 g/mol. The molecule has 1 aliphatic carbocycles. The predicted molar refractivity (Wildman–Crippen MR) is 138 cm³/mol. The summed E-state index contributed by atoms with van der Waals surface area (Å²) in [6, 6.07) is 11.7. The van der Waals surface area contributed by atoms with E-state index in [1.165, 1.54) is 30.2 Å². The Morgan fingerprint density at radius 2 is 1.79 bits per heavy atom. The summed E-state index contributed by atoms with van der Waals surface area (Å²) in [4.78, 5) is 14.1. The fraction of sp³-hybridized carbons (Fsp3) is 0.621. The van der Waals surface area contributed by atoms with Crippen LogP contribution in [0.5, 0.6) is 5.75 Å². The SMILES string of the molecule is CC1CCC(Oc2ccc3cc(CCCN4C5CCCC4CC(C(=O)O)C5)ccc3c2Cl)CC1. The second-order valence-electron chi connectivity index (χ2n) is 11.0. The van der Waals surface area contributed by atoms with Crippen molar-refractivity contribution in [3.8, 4) is 5.75 Å². The summed E-state index contributed by atoms with van der Waals surface area (Å²) in [5, 5.41) is 12.5. The maximum atomic E-state index is 11.5. The topological polar surface area (TPSA) is 49.8 Å². The molecule has 5 heteroatoms. The lowest BCUT2D eigenvalue weighted by Gasteiger charge is -2.48. The minimum atomic E-state index is -0.603. The minimum absolute atomic E-state index is 0.146. The quantitative estimate of drug-likeness (QED) is 0.456. The highest BCUT2D eigenvalue weighted by Gasteiger charge is 2.40. The van der Waals surface area contributed by atoms with E-state index in [2.05, 4.69) is 36.1 Å². The third-order valence-corrected chi connectivity index (χ3v) is 8.99. The lowest BCUT2D eigenvalue weighted by atomic mass is 9.78. The Kier molecular flexibility index (Phi) is 7.36. The summed E-state index contributed by atoms with van der Waals surface area (Å²) in [5.41, 5.74) is 1.34. The molecule has 0 radical (unpaired) electrons. The van der Waals surface area contributed by atoms with Crippen LogP contribution in [0, 0.1) is 11.8 Å². The Labute approximate surface area is 208 Å². The number of halogens is 1. The fourth-order valence-electron chi connectivity index (χ4n) is 6.61. The Morgan fingerprint density at radius 3 is 2.50 bits per heavy atom. The number of rotatable bonds is 7. The number of aryl methyl sites for hydroxylation is 1. The molecule has 1 N–H and O–H groups in total. The summed E-state index contributed by atoms with van der Waals surface area (Å²) >= 11 is 6.76. The number of ether oxygens (including phenoxy) is 1. The van der Waals surface area contributed by atoms with Gasteiger partial charge in [0.25, 0.3) is 0 Å². The molecule has 0 aromatic heterocycles. The van der Waals surface area contributed by atoms with Gasteiger partial charge in [0, 0.05) is 17.5 Å². The molecule has 2 unspecified atom stereocenters. The minimum Gasteiger partial charge on any atom is -0.489 e. The normalized spacial score (nSPS) is 29.8. The van der Waals surface area contributed by atoms with Crippen molar-refractivity contribution >= 4 is 28.3 Å². The molecule has 2 atom stereocenters. The lowest BCUT2D eigenvalue weighted by molar-refractivity contribution is -0.146. The molecule has 184 valence electrons. The van der Waals surface area contributed by atoms with E-state index in [4.69, 9.17) is 16.3 Å². The van der Waals surface area contributed by atoms with Crippen LogP contribution in [0.3, 0.4) is 0 Å². The van der Waals surface area contributed by atoms with Gasteiger partial charge in [-0.15, -0.1) is 0 Å². The summed E-state index contributed by atoms with van der Waals surface area (Å²) in [6.07, 6.45) is 12.3. The van der Waals surface area contributed by atoms with Gasteiger partial charge in [0.2, 0.25) is 0 Å². The Bertz CT molecular complexity index is 1000. The number of piperidine rings is 2. The van der Waals surface area contributed by atoms with E-state index in [9.17, 15) is 9.90 Å². The van der Waals surface area contributed by atoms with Crippen LogP contribution in [0.1, 0.15) is 76.7 Å². The van der Waals surface area contributed by atoms with Crippen LogP contribution in [0.2, 0.25) is 5.02 Å². The van der Waals surface area contributed by atoms with Gasteiger partial charge in [-0.25, -0.2) is 0 Å². The maximum Gasteiger partial charge on any atom is 0.306 e. The van der Waals surface area contributed by atoms with Crippen LogP contribution in [0.4, 0.5) is 0 Å². The average Bonchev–Trinajstić information content (AvgIpc) is 2.82. The number of aliphatic carboxylic acids is 1. The monoisotopic (exact) mass is 483 g/mol. The summed E-state index contributed by atoms with van der Waals surface area (Å²) < 4.78 is 6.29. The molecule has 2 heterocycles. The van der Waals surface area contributed by atoms with Crippen molar-refractivity contribution in [2.45, 2.75) is 95.7 Å². The molecule has 2 aromatic carbocycles. The molecule has 2 saturated heterocycles. The smallest absolute Gasteiger partial charge is 0.306 e. The summed E-state index contributed by atoms with van der Waals surface area (Å²) in [5.74, 6) is 0.875. The van der Waals surface area contributed by atoms with Crippen LogP contribution < -0.4 is 4.74 Å². The number of carboxylic acids is 1. The van der Waals surface area contributed by atoms with E-state index in [-0.39, 0.29) is 12.0 Å². The van der Waals surface area contributed by atoms with Crippen molar-refractivity contribution in [2.75, 3.05) is 6.54 Å². The largest absolute Gasteiger partial charge is 0.489 e. The molecule has 2 aliphatic heterocycles. The Balaban J connectivity index is 1.19. The third kappa shape index (κ3) is 5.23. The number of nitrogens with zero attached hydrogens (tertiary/aromatic N) is 1. The fourth-order valence-corrected chi connectivity index (χ4v) is 6.89. The van der Waals surface area contributed by atoms with Crippen molar-refractivity contribution in [3.63, 3.8) is 0 Å². The first kappa shape index (κ1) is 23.9. The van der Waals surface area contributed by atoms with E-state index in [1.54, 1.807) is 0 Å². The molecule has 5 rings (SSSR count). The molecular formula is C29H38ClNO3. The van der Waals surface area contributed by atoms with Gasteiger partial charge >= 0.3 is 5.97 Å². The number of benzene rings is 2. The van der Waals surface area contributed by atoms with Crippen molar-refractivity contribution in [3.05, 3.63) is 40.9 Å². The van der Waals surface area contributed by atoms with Gasteiger partial charge in [0.1, 0.15) is 5.75 Å². The van der Waals surface area contributed by atoms with Crippen LogP contribution in [0.25, 0.3) is 10.8 Å². The molecule has 2 aromatic rings. The number of hydrogen-bond acceptors (Lipinski definition) is 3. The Hall–Kier alpha value is -1.78. The van der Waals surface area contributed by atoms with Crippen molar-refractivity contribution < 1.29 is 14.6 Å². The standard InChI is InChI=1S/C29H38ClNO3/c1-19-7-11-25(12-8-19)34-27-14-10-21-16-20(9-13-26(21)28(27)30)4-3-15-31-23-5-2-6-24(31)18-22(17-23)29(32)33/h9-10,13-14,16,19,22-25H,2-8,11-12,15,17-18H2,1H3,(H,32,33). The lowest BCUT2D eigenvalue weighted by Crippen LogP contribution is -2.53. The van der Waals surface area contributed by atoms with Crippen LogP contribution in [-0.4, -0.2) is 40.7 Å². The van der Waals surface area contributed by atoms with Gasteiger partial charge in [0.05, 0.1) is 17.0 Å². The predicted octanol–water partition coefficient (Wildman–Crippen LogP) is 7.10. The van der Waals surface area contributed by atoms with Gasteiger partial charge < -0.3 is 9.84 Å².